The molecule has 0 N–H and O–H groups in total. The number of benzene rings is 2. The summed E-state index contributed by atoms with van der Waals surface area (Å²) in [5.41, 5.74) is 4.90. The molecule has 1 atom stereocenters. The van der Waals surface area contributed by atoms with Crippen LogP contribution in [-0.2, 0) is 0 Å². The molecule has 0 aromatic heterocycles. The van der Waals surface area contributed by atoms with E-state index < -0.39 is 8.07 Å². The van der Waals surface area contributed by atoms with Crippen LogP contribution in [0.15, 0.2) is 36.4 Å². The van der Waals surface area contributed by atoms with E-state index in [1.54, 1.807) is 36.6 Å². The summed E-state index contributed by atoms with van der Waals surface area (Å²) in [6.07, 6.45) is 18.0. The molecule has 2 aromatic rings. The van der Waals surface area contributed by atoms with E-state index in [9.17, 15) is 0 Å². The van der Waals surface area contributed by atoms with Gasteiger partial charge in [0.1, 0.15) is 8.07 Å². The molecule has 2 aromatic carbocycles. The van der Waals surface area contributed by atoms with Gasteiger partial charge in [-0.25, -0.2) is 0 Å². The first-order chi connectivity index (χ1) is 13.4. The molecule has 0 amide bonds. The number of fused-ring (bicyclic) bond motifs is 3. The highest BCUT2D eigenvalue weighted by Gasteiger charge is 2.61. The van der Waals surface area contributed by atoms with Crippen LogP contribution in [0.4, 0.5) is 0 Å². The van der Waals surface area contributed by atoms with Crippen LogP contribution in [0.2, 0.25) is 11.1 Å². The summed E-state index contributed by atoms with van der Waals surface area (Å²) < 4.78 is 0. The molecule has 0 saturated heterocycles. The molecule has 1 aliphatic heterocycles. The van der Waals surface area contributed by atoms with E-state index in [2.05, 4.69) is 43.3 Å². The van der Waals surface area contributed by atoms with Crippen molar-refractivity contribution in [1.29, 1.82) is 0 Å². The first-order valence-corrected chi connectivity index (χ1v) is 14.1. The zero-order valence-corrected chi connectivity index (χ0v) is 18.2. The minimum absolute atomic E-state index is 0.966. The maximum absolute atomic E-state index is 2.55. The third-order valence-corrected chi connectivity index (χ3v) is 15.5. The predicted octanol–water partition coefficient (Wildman–Crippen LogP) is 7.60. The summed E-state index contributed by atoms with van der Waals surface area (Å²) in [7, 11) is -1.48. The Labute approximate surface area is 166 Å². The fourth-order valence-electron chi connectivity index (χ4n) is 7.57. The van der Waals surface area contributed by atoms with E-state index in [1.165, 1.54) is 56.8 Å². The summed E-state index contributed by atoms with van der Waals surface area (Å²) in [5.74, 6) is 0. The van der Waals surface area contributed by atoms with Crippen LogP contribution in [-0.4, -0.2) is 8.07 Å². The topological polar surface area (TPSA) is 0 Å². The maximum Gasteiger partial charge on any atom is 0.101 e. The van der Waals surface area contributed by atoms with Gasteiger partial charge in [-0.15, -0.1) is 0 Å². The second-order valence-electron chi connectivity index (χ2n) is 9.70. The summed E-state index contributed by atoms with van der Waals surface area (Å²) in [6, 6.07) is 14.4. The van der Waals surface area contributed by atoms with Crippen LogP contribution in [0.25, 0.3) is 10.8 Å². The van der Waals surface area contributed by atoms with Crippen molar-refractivity contribution in [2.24, 2.45) is 0 Å². The standard InChI is InChI=1S/C26H36Si/c1-2-11-25-24-19-18-20-12-9-10-17-23(20)26(24)27(25,21-13-5-3-6-14-21)22-15-7-4-8-16-22/h9-10,12,17-19,21-22,25H,2-8,11,13-16H2,1H3. The van der Waals surface area contributed by atoms with Crippen molar-refractivity contribution in [2.75, 3.05) is 0 Å². The summed E-state index contributed by atoms with van der Waals surface area (Å²) in [6.45, 7) is 2.43. The summed E-state index contributed by atoms with van der Waals surface area (Å²) >= 11 is 0. The fourth-order valence-corrected chi connectivity index (χ4v) is 16.0. The molecule has 144 valence electrons. The van der Waals surface area contributed by atoms with Gasteiger partial charge in [-0.1, -0.05) is 114 Å². The van der Waals surface area contributed by atoms with E-state index in [0.29, 0.717) is 0 Å². The number of hydrogen-bond donors (Lipinski definition) is 0. The van der Waals surface area contributed by atoms with Gasteiger partial charge in [-0.2, -0.15) is 0 Å². The Kier molecular flexibility index (Phi) is 4.92. The van der Waals surface area contributed by atoms with Crippen molar-refractivity contribution in [2.45, 2.75) is 101 Å². The Morgan fingerprint density at radius 3 is 2.04 bits per heavy atom. The average molecular weight is 377 g/mol. The molecular formula is C26H36Si. The van der Waals surface area contributed by atoms with Crippen LogP contribution in [0.3, 0.4) is 0 Å². The fraction of sp³-hybridized carbons (Fsp3) is 0.615. The van der Waals surface area contributed by atoms with Crippen molar-refractivity contribution in [3.05, 3.63) is 42.0 Å². The van der Waals surface area contributed by atoms with Crippen molar-refractivity contribution >= 4 is 24.0 Å². The van der Waals surface area contributed by atoms with Crippen LogP contribution in [0, 0.1) is 0 Å². The monoisotopic (exact) mass is 376 g/mol. The maximum atomic E-state index is 2.55. The molecule has 0 spiro atoms. The molecule has 1 heterocycles. The normalized spacial score (nSPS) is 25.9. The van der Waals surface area contributed by atoms with Crippen LogP contribution >= 0.6 is 0 Å². The zero-order valence-electron chi connectivity index (χ0n) is 17.2. The Balaban J connectivity index is 1.72. The molecule has 5 rings (SSSR count). The minimum atomic E-state index is -1.48. The lowest BCUT2D eigenvalue weighted by molar-refractivity contribution is 0.440. The van der Waals surface area contributed by atoms with Crippen LogP contribution in [0.1, 0.15) is 95.1 Å². The highest BCUT2D eigenvalue weighted by atomic mass is 28.3. The highest BCUT2D eigenvalue weighted by molar-refractivity contribution is 7.00. The molecule has 1 unspecified atom stereocenters. The number of rotatable bonds is 4. The van der Waals surface area contributed by atoms with Gasteiger partial charge in [0, 0.05) is 0 Å². The van der Waals surface area contributed by atoms with Crippen molar-refractivity contribution in [3.8, 4) is 0 Å². The van der Waals surface area contributed by atoms with Crippen molar-refractivity contribution < 1.29 is 0 Å². The van der Waals surface area contributed by atoms with Gasteiger partial charge >= 0.3 is 0 Å². The van der Waals surface area contributed by atoms with Crippen LogP contribution in [0.5, 0.6) is 0 Å². The second kappa shape index (κ2) is 7.39. The smallest absolute Gasteiger partial charge is 0.0654 e. The van der Waals surface area contributed by atoms with Gasteiger partial charge in [0.15, 0.2) is 0 Å². The highest BCUT2D eigenvalue weighted by Crippen LogP contribution is 2.60. The SMILES string of the molecule is CCCC1c2ccc3ccccc3c2[Si]1(C1CCCCC1)C1CCCCC1. The lowest BCUT2D eigenvalue weighted by Gasteiger charge is -2.60. The van der Waals surface area contributed by atoms with Crippen LogP contribution < -0.4 is 5.19 Å². The van der Waals surface area contributed by atoms with E-state index in [1.807, 2.05) is 5.19 Å². The first kappa shape index (κ1) is 18.0. The van der Waals surface area contributed by atoms with Crippen molar-refractivity contribution in [1.82, 2.24) is 0 Å². The predicted molar refractivity (Wildman–Crippen MR) is 121 cm³/mol. The molecule has 1 heteroatoms. The molecule has 2 aliphatic carbocycles. The van der Waals surface area contributed by atoms with Crippen molar-refractivity contribution in [3.63, 3.8) is 0 Å². The van der Waals surface area contributed by atoms with Gasteiger partial charge in [0.25, 0.3) is 0 Å². The Morgan fingerprint density at radius 1 is 0.778 bits per heavy atom. The third kappa shape index (κ3) is 2.68. The van der Waals surface area contributed by atoms with Gasteiger partial charge in [-0.05, 0) is 44.6 Å². The average Bonchev–Trinajstić information content (AvgIpc) is 2.73. The molecule has 27 heavy (non-hydrogen) atoms. The van der Waals surface area contributed by atoms with E-state index in [-0.39, 0.29) is 0 Å². The van der Waals surface area contributed by atoms with Gasteiger partial charge in [-0.3, -0.25) is 0 Å². The van der Waals surface area contributed by atoms with Gasteiger partial charge < -0.3 is 0 Å². The Morgan fingerprint density at radius 2 is 1.41 bits per heavy atom. The number of hydrogen-bond acceptors (Lipinski definition) is 0. The van der Waals surface area contributed by atoms with E-state index in [0.717, 1.165) is 16.6 Å². The Bertz CT molecular complexity index is 777. The second-order valence-corrected chi connectivity index (χ2v) is 14.4. The first-order valence-electron chi connectivity index (χ1n) is 11.9. The quantitative estimate of drug-likeness (QED) is 0.482. The van der Waals surface area contributed by atoms with E-state index in [4.69, 9.17) is 0 Å². The molecule has 2 saturated carbocycles. The largest absolute Gasteiger partial charge is 0.101 e. The Hall–Kier alpha value is -1.08. The molecule has 2 fully saturated rings. The molecular weight excluding hydrogens is 340 g/mol. The molecule has 0 nitrogen and oxygen atoms in total. The molecule has 0 radical (unpaired) electrons. The summed E-state index contributed by atoms with van der Waals surface area (Å²) in [4.78, 5) is 0. The zero-order chi connectivity index (χ0) is 18.3. The third-order valence-electron chi connectivity index (χ3n) is 8.49. The molecule has 3 aliphatic rings. The molecule has 0 bridgehead atoms. The summed E-state index contributed by atoms with van der Waals surface area (Å²) in [5, 5.41) is 5.12. The van der Waals surface area contributed by atoms with E-state index >= 15 is 0 Å². The lowest BCUT2D eigenvalue weighted by Crippen LogP contribution is -2.70. The van der Waals surface area contributed by atoms with Gasteiger partial charge in [0.2, 0.25) is 0 Å². The lowest BCUT2D eigenvalue weighted by atomic mass is 9.97. The van der Waals surface area contributed by atoms with Gasteiger partial charge in [0.05, 0.1) is 0 Å². The minimum Gasteiger partial charge on any atom is -0.0654 e.